The van der Waals surface area contributed by atoms with Crippen molar-refractivity contribution < 1.29 is 24.0 Å². The Morgan fingerprint density at radius 3 is 2.67 bits per heavy atom. The number of fused-ring (bicyclic) bond motifs is 1. The molecule has 0 aliphatic heterocycles. The quantitative estimate of drug-likeness (QED) is 0.363. The monoisotopic (exact) mass is 442 g/mol. The summed E-state index contributed by atoms with van der Waals surface area (Å²) in [5, 5.41) is 20.4. The number of carbonyl (C=O) groups is 1. The van der Waals surface area contributed by atoms with Crippen molar-refractivity contribution in [2.75, 3.05) is 0 Å². The van der Waals surface area contributed by atoms with Crippen LogP contribution in [0.15, 0.2) is 42.6 Å². The molecule has 0 radical (unpaired) electrons. The van der Waals surface area contributed by atoms with E-state index < -0.39 is 16.8 Å². The fourth-order valence-corrected chi connectivity index (χ4v) is 3.08. The van der Waals surface area contributed by atoms with E-state index in [0.29, 0.717) is 14.5 Å². The third-order valence-corrected chi connectivity index (χ3v) is 4.12. The molecule has 1 aromatic heterocycles. The van der Waals surface area contributed by atoms with Gasteiger partial charge in [-0.3, -0.25) is 14.7 Å². The van der Waals surface area contributed by atoms with Crippen molar-refractivity contribution in [2.24, 2.45) is 0 Å². The normalized spacial score (nSPS) is 10.8. The van der Waals surface area contributed by atoms with Gasteiger partial charge in [-0.25, -0.2) is 9.18 Å². The molecule has 1 N–H and O–H groups in total. The number of ether oxygens (including phenoxy) is 1. The summed E-state index contributed by atoms with van der Waals surface area (Å²) in [6.07, 6.45) is 0.272. The van der Waals surface area contributed by atoms with Crippen molar-refractivity contribution in [3.05, 3.63) is 62.1 Å². The summed E-state index contributed by atoms with van der Waals surface area (Å²) in [5.41, 5.74) is 0.0105. The van der Waals surface area contributed by atoms with Gasteiger partial charge in [0, 0.05) is 15.8 Å². The molecule has 3 aromatic rings. The molecular formula is C15H8FIN2O5. The van der Waals surface area contributed by atoms with Crippen LogP contribution in [0.25, 0.3) is 10.9 Å². The molecular weight excluding hydrogens is 434 g/mol. The summed E-state index contributed by atoms with van der Waals surface area (Å²) < 4.78 is 21.2. The standard InChI is InChI=1S/C15H8FIN2O5/c16-9-6-8(19(22)23)4-5-12(9)24-13-3-1-2-11-14(13)10(17)7-18(11)15(20)21/h1-7H,(H,20,21). The van der Waals surface area contributed by atoms with Crippen molar-refractivity contribution in [1.82, 2.24) is 4.57 Å². The van der Waals surface area contributed by atoms with Crippen LogP contribution in [0.2, 0.25) is 0 Å². The van der Waals surface area contributed by atoms with Crippen LogP contribution in [-0.2, 0) is 0 Å². The van der Waals surface area contributed by atoms with Crippen molar-refractivity contribution in [3.8, 4) is 11.5 Å². The highest BCUT2D eigenvalue weighted by Gasteiger charge is 2.17. The molecule has 0 bridgehead atoms. The number of nitro groups is 1. The first-order valence-electron chi connectivity index (χ1n) is 6.53. The molecule has 0 spiro atoms. The molecule has 0 aliphatic carbocycles. The second kappa shape index (κ2) is 6.07. The number of aromatic nitrogens is 1. The van der Waals surface area contributed by atoms with Crippen LogP contribution < -0.4 is 4.74 Å². The molecule has 0 atom stereocenters. The highest BCUT2D eigenvalue weighted by molar-refractivity contribution is 14.1. The van der Waals surface area contributed by atoms with E-state index in [9.17, 15) is 24.4 Å². The fraction of sp³-hybridized carbons (Fsp3) is 0. The summed E-state index contributed by atoms with van der Waals surface area (Å²) in [4.78, 5) is 21.2. The highest BCUT2D eigenvalue weighted by Crippen LogP contribution is 2.35. The molecule has 1 heterocycles. The predicted molar refractivity (Wildman–Crippen MR) is 91.2 cm³/mol. The van der Waals surface area contributed by atoms with Gasteiger partial charge in [-0.1, -0.05) is 6.07 Å². The smallest absolute Gasteiger partial charge is 0.416 e. The summed E-state index contributed by atoms with van der Waals surface area (Å²) in [6.45, 7) is 0. The molecule has 7 nitrogen and oxygen atoms in total. The summed E-state index contributed by atoms with van der Waals surface area (Å²) in [7, 11) is 0. The van der Waals surface area contributed by atoms with Gasteiger partial charge in [0.1, 0.15) is 5.75 Å². The molecule has 0 aliphatic rings. The van der Waals surface area contributed by atoms with E-state index in [1.165, 1.54) is 6.20 Å². The minimum absolute atomic E-state index is 0.188. The van der Waals surface area contributed by atoms with Gasteiger partial charge in [-0.05, 0) is 40.8 Å². The predicted octanol–water partition coefficient (Wildman–Crippen LogP) is 4.61. The zero-order valence-corrected chi connectivity index (χ0v) is 13.9. The number of nitrogens with zero attached hydrogens (tertiary/aromatic N) is 2. The van der Waals surface area contributed by atoms with Crippen molar-refractivity contribution in [3.63, 3.8) is 0 Å². The number of carboxylic acid groups (broad SMARTS) is 1. The van der Waals surface area contributed by atoms with Gasteiger partial charge < -0.3 is 9.84 Å². The number of non-ortho nitro benzene ring substituents is 1. The molecule has 24 heavy (non-hydrogen) atoms. The van der Waals surface area contributed by atoms with Gasteiger partial charge in [0.25, 0.3) is 5.69 Å². The maximum atomic E-state index is 14.0. The Bertz CT molecular complexity index is 985. The average molecular weight is 442 g/mol. The Balaban J connectivity index is 2.08. The number of halogens is 2. The number of hydrogen-bond donors (Lipinski definition) is 1. The molecule has 122 valence electrons. The molecule has 0 amide bonds. The topological polar surface area (TPSA) is 94.6 Å². The third-order valence-electron chi connectivity index (χ3n) is 3.30. The largest absolute Gasteiger partial charge is 0.464 e. The fourth-order valence-electron chi connectivity index (χ4n) is 2.26. The lowest BCUT2D eigenvalue weighted by atomic mass is 10.2. The van der Waals surface area contributed by atoms with Crippen molar-refractivity contribution >= 4 is 45.3 Å². The third kappa shape index (κ3) is 2.77. The van der Waals surface area contributed by atoms with E-state index in [1.807, 2.05) is 22.6 Å². The first-order chi connectivity index (χ1) is 11.4. The summed E-state index contributed by atoms with van der Waals surface area (Å²) >= 11 is 1.96. The number of hydrogen-bond acceptors (Lipinski definition) is 4. The molecule has 9 heteroatoms. The Morgan fingerprint density at radius 1 is 1.29 bits per heavy atom. The second-order valence-corrected chi connectivity index (χ2v) is 5.92. The zero-order chi connectivity index (χ0) is 17.4. The SMILES string of the molecule is O=C(O)n1cc(I)c2c(Oc3ccc([N+](=O)[O-])cc3F)cccc21. The second-order valence-electron chi connectivity index (χ2n) is 4.75. The number of benzene rings is 2. The van der Waals surface area contributed by atoms with Crippen LogP contribution in [-0.4, -0.2) is 20.7 Å². The summed E-state index contributed by atoms with van der Waals surface area (Å²) in [5.74, 6) is -0.814. The zero-order valence-electron chi connectivity index (χ0n) is 11.8. The number of nitro benzene ring substituents is 1. The summed E-state index contributed by atoms with van der Waals surface area (Å²) in [6, 6.07) is 7.81. The first kappa shape index (κ1) is 16.2. The van der Waals surface area contributed by atoms with Crippen LogP contribution in [0.4, 0.5) is 14.9 Å². The number of rotatable bonds is 3. The Labute approximate surface area is 147 Å². The van der Waals surface area contributed by atoms with Gasteiger partial charge in [0.2, 0.25) is 0 Å². The minimum Gasteiger partial charge on any atom is -0.464 e. The van der Waals surface area contributed by atoms with E-state index in [-0.39, 0.29) is 17.2 Å². The van der Waals surface area contributed by atoms with Crippen molar-refractivity contribution in [2.45, 2.75) is 0 Å². The Morgan fingerprint density at radius 2 is 2.04 bits per heavy atom. The lowest BCUT2D eigenvalue weighted by Crippen LogP contribution is -2.05. The molecule has 0 unspecified atom stereocenters. The van der Waals surface area contributed by atoms with Gasteiger partial charge in [0.15, 0.2) is 11.6 Å². The van der Waals surface area contributed by atoms with Gasteiger partial charge >= 0.3 is 6.09 Å². The molecule has 2 aromatic carbocycles. The van der Waals surface area contributed by atoms with Crippen LogP contribution in [0.5, 0.6) is 11.5 Å². The Hall–Kier alpha value is -2.69. The maximum absolute atomic E-state index is 14.0. The van der Waals surface area contributed by atoms with E-state index >= 15 is 0 Å². The van der Waals surface area contributed by atoms with E-state index in [4.69, 9.17) is 4.74 Å². The van der Waals surface area contributed by atoms with E-state index in [2.05, 4.69) is 0 Å². The lowest BCUT2D eigenvalue weighted by Gasteiger charge is -2.08. The van der Waals surface area contributed by atoms with E-state index in [0.717, 1.165) is 22.8 Å². The van der Waals surface area contributed by atoms with E-state index in [1.54, 1.807) is 18.2 Å². The molecule has 0 fully saturated rings. The van der Waals surface area contributed by atoms with Crippen LogP contribution >= 0.6 is 22.6 Å². The van der Waals surface area contributed by atoms with Gasteiger partial charge in [-0.2, -0.15) is 0 Å². The van der Waals surface area contributed by atoms with Crippen LogP contribution in [0, 0.1) is 19.5 Å². The first-order valence-corrected chi connectivity index (χ1v) is 7.61. The lowest BCUT2D eigenvalue weighted by molar-refractivity contribution is -0.385. The van der Waals surface area contributed by atoms with Gasteiger partial charge in [0.05, 0.1) is 21.9 Å². The average Bonchev–Trinajstić information content (AvgIpc) is 2.87. The maximum Gasteiger partial charge on any atom is 0.416 e. The van der Waals surface area contributed by atoms with Crippen LogP contribution in [0.3, 0.4) is 0 Å². The minimum atomic E-state index is -1.15. The van der Waals surface area contributed by atoms with Crippen LogP contribution in [0.1, 0.15) is 0 Å². The Kier molecular flexibility index (Phi) is 4.09. The molecule has 0 saturated heterocycles. The highest BCUT2D eigenvalue weighted by atomic mass is 127. The molecule has 0 saturated carbocycles. The van der Waals surface area contributed by atoms with Gasteiger partial charge in [-0.15, -0.1) is 0 Å². The molecule has 3 rings (SSSR count). The van der Waals surface area contributed by atoms with Crippen molar-refractivity contribution in [1.29, 1.82) is 0 Å².